The molecule has 3 heteroatoms. The molecule has 1 aliphatic heterocycles. The van der Waals surface area contributed by atoms with Crippen LogP contribution in [0.1, 0.15) is 29.8 Å². The fourth-order valence-electron chi connectivity index (χ4n) is 2.32. The number of hydrogen-bond acceptors (Lipinski definition) is 2. The first kappa shape index (κ1) is 12.0. The highest BCUT2D eigenvalue weighted by molar-refractivity contribution is 5.99. The van der Waals surface area contributed by atoms with Gasteiger partial charge in [0.2, 0.25) is 0 Å². The van der Waals surface area contributed by atoms with Gasteiger partial charge >= 0.3 is 0 Å². The lowest BCUT2D eigenvalue weighted by molar-refractivity contribution is 0.0786. The van der Waals surface area contributed by atoms with Crippen LogP contribution in [0.5, 0.6) is 0 Å². The van der Waals surface area contributed by atoms with E-state index in [1.54, 1.807) is 0 Å². The molecule has 1 aromatic rings. The molecule has 1 heterocycles. The second-order valence-electron chi connectivity index (χ2n) is 5.26. The third-order valence-electron chi connectivity index (χ3n) is 3.71. The summed E-state index contributed by atoms with van der Waals surface area (Å²) in [6.45, 7) is 8.04. The molecule has 2 rings (SSSR count). The van der Waals surface area contributed by atoms with Gasteiger partial charge in [0.15, 0.2) is 0 Å². The van der Waals surface area contributed by atoms with Crippen molar-refractivity contribution in [2.24, 2.45) is 11.8 Å². The van der Waals surface area contributed by atoms with E-state index in [0.29, 0.717) is 23.1 Å². The van der Waals surface area contributed by atoms with Gasteiger partial charge in [0.05, 0.1) is 5.56 Å². The van der Waals surface area contributed by atoms with E-state index in [9.17, 15) is 4.79 Å². The zero-order chi connectivity index (χ0) is 12.6. The summed E-state index contributed by atoms with van der Waals surface area (Å²) in [5.74, 6) is 1.22. The molecule has 1 amide bonds. The van der Waals surface area contributed by atoms with Gasteiger partial charge in [-0.2, -0.15) is 0 Å². The van der Waals surface area contributed by atoms with Crippen molar-refractivity contribution in [1.82, 2.24) is 4.90 Å². The summed E-state index contributed by atoms with van der Waals surface area (Å²) in [5, 5.41) is 0. The Morgan fingerprint density at radius 2 is 1.88 bits per heavy atom. The Balaban J connectivity index is 2.23. The minimum atomic E-state index is 0.0717. The first-order chi connectivity index (χ1) is 7.99. The molecule has 0 bridgehead atoms. The normalized spacial score (nSPS) is 24.1. The van der Waals surface area contributed by atoms with Crippen LogP contribution in [0.2, 0.25) is 0 Å². The fourth-order valence-corrected chi connectivity index (χ4v) is 2.32. The van der Waals surface area contributed by atoms with Gasteiger partial charge in [-0.15, -0.1) is 0 Å². The monoisotopic (exact) mass is 232 g/mol. The molecule has 2 N–H and O–H groups in total. The van der Waals surface area contributed by atoms with E-state index in [2.05, 4.69) is 13.8 Å². The third kappa shape index (κ3) is 2.28. The Morgan fingerprint density at radius 3 is 2.47 bits per heavy atom. The summed E-state index contributed by atoms with van der Waals surface area (Å²) in [6.07, 6.45) is 0. The predicted molar refractivity (Wildman–Crippen MR) is 69.8 cm³/mol. The Kier molecular flexibility index (Phi) is 3.09. The second-order valence-corrected chi connectivity index (χ2v) is 5.26. The molecule has 0 radical (unpaired) electrons. The largest absolute Gasteiger partial charge is 0.398 e. The summed E-state index contributed by atoms with van der Waals surface area (Å²) in [6, 6.07) is 5.62. The van der Waals surface area contributed by atoms with E-state index in [1.807, 2.05) is 30.0 Å². The van der Waals surface area contributed by atoms with Gasteiger partial charge in [-0.05, 0) is 30.9 Å². The van der Waals surface area contributed by atoms with Crippen LogP contribution in [0.15, 0.2) is 18.2 Å². The Morgan fingerprint density at radius 1 is 1.29 bits per heavy atom. The van der Waals surface area contributed by atoms with Crippen molar-refractivity contribution >= 4 is 11.6 Å². The summed E-state index contributed by atoms with van der Waals surface area (Å²) in [4.78, 5) is 14.3. The Bertz CT molecular complexity index is 432. The van der Waals surface area contributed by atoms with Crippen molar-refractivity contribution in [3.05, 3.63) is 29.3 Å². The molecule has 0 aromatic heterocycles. The van der Waals surface area contributed by atoms with Gasteiger partial charge in [-0.1, -0.05) is 25.5 Å². The molecular weight excluding hydrogens is 212 g/mol. The minimum absolute atomic E-state index is 0.0717. The van der Waals surface area contributed by atoms with Crippen LogP contribution in [0.3, 0.4) is 0 Å². The SMILES string of the molecule is Cc1ccc(N)c(C(=O)N2CC(C)C(C)C2)c1. The highest BCUT2D eigenvalue weighted by Crippen LogP contribution is 2.25. The summed E-state index contributed by atoms with van der Waals surface area (Å²) < 4.78 is 0. The highest BCUT2D eigenvalue weighted by atomic mass is 16.2. The summed E-state index contributed by atoms with van der Waals surface area (Å²) >= 11 is 0. The van der Waals surface area contributed by atoms with Crippen molar-refractivity contribution in [3.63, 3.8) is 0 Å². The van der Waals surface area contributed by atoms with Crippen molar-refractivity contribution < 1.29 is 4.79 Å². The van der Waals surface area contributed by atoms with Crippen LogP contribution >= 0.6 is 0 Å². The number of likely N-dealkylation sites (tertiary alicyclic amines) is 1. The van der Waals surface area contributed by atoms with E-state index in [-0.39, 0.29) is 5.91 Å². The average Bonchev–Trinajstić information content (AvgIpc) is 2.62. The smallest absolute Gasteiger partial charge is 0.255 e. The topological polar surface area (TPSA) is 46.3 Å². The quantitative estimate of drug-likeness (QED) is 0.755. The van der Waals surface area contributed by atoms with E-state index < -0.39 is 0 Å². The van der Waals surface area contributed by atoms with Gasteiger partial charge in [0.1, 0.15) is 0 Å². The van der Waals surface area contributed by atoms with E-state index >= 15 is 0 Å². The number of nitrogen functional groups attached to an aromatic ring is 1. The predicted octanol–water partition coefficient (Wildman–Crippen LogP) is 2.31. The second kappa shape index (κ2) is 4.40. The lowest BCUT2D eigenvalue weighted by Gasteiger charge is -2.17. The minimum Gasteiger partial charge on any atom is -0.398 e. The number of nitrogens with zero attached hydrogens (tertiary/aromatic N) is 1. The van der Waals surface area contributed by atoms with Gasteiger partial charge in [0.25, 0.3) is 5.91 Å². The van der Waals surface area contributed by atoms with Gasteiger partial charge in [0, 0.05) is 18.8 Å². The lowest BCUT2D eigenvalue weighted by atomic mass is 10.0. The zero-order valence-electron chi connectivity index (χ0n) is 10.7. The molecule has 92 valence electrons. The molecule has 0 aliphatic carbocycles. The first-order valence-corrected chi connectivity index (χ1v) is 6.14. The molecule has 0 spiro atoms. The summed E-state index contributed by atoms with van der Waals surface area (Å²) in [7, 11) is 0. The van der Waals surface area contributed by atoms with Crippen molar-refractivity contribution in [2.75, 3.05) is 18.8 Å². The van der Waals surface area contributed by atoms with Crippen LogP contribution in [-0.2, 0) is 0 Å². The fraction of sp³-hybridized carbons (Fsp3) is 0.500. The van der Waals surface area contributed by atoms with Crippen LogP contribution < -0.4 is 5.73 Å². The first-order valence-electron chi connectivity index (χ1n) is 6.14. The average molecular weight is 232 g/mol. The van der Waals surface area contributed by atoms with Gasteiger partial charge < -0.3 is 10.6 Å². The molecule has 2 atom stereocenters. The number of hydrogen-bond donors (Lipinski definition) is 1. The van der Waals surface area contributed by atoms with Crippen LogP contribution in [0, 0.1) is 18.8 Å². The molecule has 0 saturated carbocycles. The van der Waals surface area contributed by atoms with Crippen LogP contribution in [0.4, 0.5) is 5.69 Å². The Labute approximate surface area is 103 Å². The molecule has 17 heavy (non-hydrogen) atoms. The van der Waals surface area contributed by atoms with Crippen LogP contribution in [-0.4, -0.2) is 23.9 Å². The molecule has 1 fully saturated rings. The Hall–Kier alpha value is -1.51. The number of rotatable bonds is 1. The molecule has 1 aliphatic rings. The summed E-state index contributed by atoms with van der Waals surface area (Å²) in [5.41, 5.74) is 8.17. The number of nitrogens with two attached hydrogens (primary N) is 1. The third-order valence-corrected chi connectivity index (χ3v) is 3.71. The maximum Gasteiger partial charge on any atom is 0.255 e. The maximum absolute atomic E-state index is 12.4. The zero-order valence-corrected chi connectivity index (χ0v) is 10.7. The van der Waals surface area contributed by atoms with E-state index in [0.717, 1.165) is 18.7 Å². The molecule has 1 aromatic carbocycles. The lowest BCUT2D eigenvalue weighted by Crippen LogP contribution is -2.29. The number of carbonyl (C=O) groups excluding carboxylic acids is 1. The van der Waals surface area contributed by atoms with Crippen molar-refractivity contribution in [1.29, 1.82) is 0 Å². The molecular formula is C14H20N2O. The number of amides is 1. The molecule has 3 nitrogen and oxygen atoms in total. The number of benzene rings is 1. The number of aryl methyl sites for hydroxylation is 1. The van der Waals surface area contributed by atoms with E-state index in [1.165, 1.54) is 0 Å². The highest BCUT2D eigenvalue weighted by Gasteiger charge is 2.30. The number of carbonyl (C=O) groups is 1. The van der Waals surface area contributed by atoms with Crippen molar-refractivity contribution in [2.45, 2.75) is 20.8 Å². The van der Waals surface area contributed by atoms with Crippen LogP contribution in [0.25, 0.3) is 0 Å². The number of anilines is 1. The standard InChI is InChI=1S/C14H20N2O/c1-9-4-5-13(15)12(6-9)14(17)16-7-10(2)11(3)8-16/h4-6,10-11H,7-8,15H2,1-3H3. The molecule has 1 saturated heterocycles. The van der Waals surface area contributed by atoms with Gasteiger partial charge in [-0.25, -0.2) is 0 Å². The molecule has 2 unspecified atom stereocenters. The van der Waals surface area contributed by atoms with Crippen molar-refractivity contribution in [3.8, 4) is 0 Å². The van der Waals surface area contributed by atoms with Gasteiger partial charge in [-0.3, -0.25) is 4.79 Å². The van der Waals surface area contributed by atoms with E-state index in [4.69, 9.17) is 5.73 Å². The maximum atomic E-state index is 12.4.